The smallest absolute Gasteiger partial charge is 0.287 e. The number of amides is 2. The molecule has 0 aliphatic carbocycles. The Morgan fingerprint density at radius 3 is 3.00 bits per heavy atom. The maximum atomic E-state index is 12.4. The molecule has 3 rings (SSSR count). The van der Waals surface area contributed by atoms with Crippen molar-refractivity contribution in [2.45, 2.75) is 18.9 Å². The normalized spacial score (nSPS) is 18.2. The molecule has 3 heterocycles. The van der Waals surface area contributed by atoms with Gasteiger partial charge < -0.3 is 14.8 Å². The molecule has 1 N–H and O–H groups in total. The van der Waals surface area contributed by atoms with E-state index in [4.69, 9.17) is 0 Å². The van der Waals surface area contributed by atoms with Gasteiger partial charge in [-0.05, 0) is 24.3 Å². The van der Waals surface area contributed by atoms with E-state index in [1.165, 1.54) is 11.3 Å². The van der Waals surface area contributed by atoms with Gasteiger partial charge in [0.25, 0.3) is 11.8 Å². The van der Waals surface area contributed by atoms with Crippen LogP contribution in [0.2, 0.25) is 0 Å². The van der Waals surface area contributed by atoms with Crippen molar-refractivity contribution in [1.82, 2.24) is 19.8 Å². The zero-order chi connectivity index (χ0) is 15.5. The van der Waals surface area contributed by atoms with Crippen molar-refractivity contribution in [2.24, 2.45) is 7.05 Å². The van der Waals surface area contributed by atoms with Crippen LogP contribution in [-0.2, 0) is 7.05 Å². The average molecular weight is 318 g/mol. The minimum absolute atomic E-state index is 0.0261. The minimum atomic E-state index is -0.192. The first-order valence-corrected chi connectivity index (χ1v) is 8.14. The van der Waals surface area contributed by atoms with Crippen molar-refractivity contribution >= 4 is 23.2 Å². The molecule has 0 saturated carbocycles. The summed E-state index contributed by atoms with van der Waals surface area (Å²) in [7, 11) is 1.79. The Morgan fingerprint density at radius 2 is 2.32 bits per heavy atom. The highest BCUT2D eigenvalue weighted by molar-refractivity contribution is 7.12. The predicted molar refractivity (Wildman–Crippen MR) is 83.9 cm³/mol. The lowest BCUT2D eigenvalue weighted by Crippen LogP contribution is -2.49. The number of piperidine rings is 1. The van der Waals surface area contributed by atoms with Gasteiger partial charge in [-0.15, -0.1) is 11.3 Å². The molecule has 1 aliphatic heterocycles. The molecule has 6 nitrogen and oxygen atoms in total. The maximum Gasteiger partial charge on any atom is 0.287 e. The first kappa shape index (κ1) is 14.8. The summed E-state index contributed by atoms with van der Waals surface area (Å²) in [6.45, 7) is 1.29. The summed E-state index contributed by atoms with van der Waals surface area (Å²) in [5.41, 5.74) is 0. The fraction of sp³-hybridized carbons (Fsp3) is 0.400. The summed E-state index contributed by atoms with van der Waals surface area (Å²) in [6.07, 6.45) is 5.11. The number of nitrogens with one attached hydrogen (secondary N) is 1. The molecule has 1 atom stereocenters. The number of carbonyl (C=O) groups excluding carboxylic acids is 2. The second-order valence-electron chi connectivity index (χ2n) is 5.40. The van der Waals surface area contributed by atoms with E-state index >= 15 is 0 Å². The number of imidazole rings is 1. The Hall–Kier alpha value is -2.15. The van der Waals surface area contributed by atoms with Gasteiger partial charge in [-0.2, -0.15) is 0 Å². The van der Waals surface area contributed by atoms with Crippen molar-refractivity contribution in [1.29, 1.82) is 0 Å². The lowest BCUT2D eigenvalue weighted by molar-refractivity contribution is 0.0678. The van der Waals surface area contributed by atoms with Gasteiger partial charge in [-0.25, -0.2) is 4.98 Å². The Bertz CT molecular complexity index is 665. The lowest BCUT2D eigenvalue weighted by Gasteiger charge is -2.32. The summed E-state index contributed by atoms with van der Waals surface area (Å²) in [4.78, 5) is 31.2. The maximum absolute atomic E-state index is 12.4. The quantitative estimate of drug-likeness (QED) is 0.933. The second kappa shape index (κ2) is 6.31. The lowest BCUT2D eigenvalue weighted by atomic mass is 10.1. The van der Waals surface area contributed by atoms with Crippen LogP contribution in [0.25, 0.3) is 0 Å². The first-order chi connectivity index (χ1) is 10.6. The van der Waals surface area contributed by atoms with Crippen molar-refractivity contribution in [2.75, 3.05) is 13.1 Å². The largest absolute Gasteiger partial charge is 0.345 e. The highest BCUT2D eigenvalue weighted by Crippen LogP contribution is 2.17. The molecule has 2 aromatic rings. The van der Waals surface area contributed by atoms with E-state index in [2.05, 4.69) is 10.3 Å². The number of likely N-dealkylation sites (tertiary alicyclic amines) is 1. The number of rotatable bonds is 3. The van der Waals surface area contributed by atoms with Crippen LogP contribution < -0.4 is 5.32 Å². The zero-order valence-electron chi connectivity index (χ0n) is 12.4. The summed E-state index contributed by atoms with van der Waals surface area (Å²) in [6, 6.07) is 3.69. The van der Waals surface area contributed by atoms with Crippen molar-refractivity contribution in [3.05, 3.63) is 40.6 Å². The summed E-state index contributed by atoms with van der Waals surface area (Å²) in [5, 5.41) is 4.88. The van der Waals surface area contributed by atoms with Gasteiger partial charge in [0.15, 0.2) is 5.82 Å². The van der Waals surface area contributed by atoms with E-state index in [1.54, 1.807) is 24.0 Å². The number of thiophene rings is 1. The molecule has 1 aliphatic rings. The van der Waals surface area contributed by atoms with Crippen LogP contribution in [0.5, 0.6) is 0 Å². The molecule has 0 radical (unpaired) electrons. The third kappa shape index (κ3) is 3.04. The van der Waals surface area contributed by atoms with Gasteiger partial charge in [0.05, 0.1) is 4.88 Å². The molecular formula is C15H18N4O2S. The molecule has 0 spiro atoms. The number of hydrogen-bond donors (Lipinski definition) is 1. The molecule has 7 heteroatoms. The monoisotopic (exact) mass is 318 g/mol. The van der Waals surface area contributed by atoms with Crippen LogP contribution in [0.1, 0.15) is 33.1 Å². The van der Waals surface area contributed by atoms with Gasteiger partial charge in [-0.1, -0.05) is 6.07 Å². The van der Waals surface area contributed by atoms with Crippen LogP contribution in [0.15, 0.2) is 29.9 Å². The van der Waals surface area contributed by atoms with E-state index in [0.717, 1.165) is 24.3 Å². The predicted octanol–water partition coefficient (Wildman–Crippen LogP) is 1.52. The molecule has 116 valence electrons. The number of aromatic nitrogens is 2. The molecule has 1 fully saturated rings. The number of carbonyl (C=O) groups is 2. The zero-order valence-corrected chi connectivity index (χ0v) is 13.2. The Labute approximate surface area is 132 Å². The molecule has 2 amide bonds. The van der Waals surface area contributed by atoms with Crippen LogP contribution >= 0.6 is 11.3 Å². The van der Waals surface area contributed by atoms with Gasteiger partial charge in [0.1, 0.15) is 0 Å². The van der Waals surface area contributed by atoms with Gasteiger partial charge in [0.2, 0.25) is 0 Å². The van der Waals surface area contributed by atoms with E-state index in [9.17, 15) is 9.59 Å². The Balaban J connectivity index is 1.62. The molecule has 0 bridgehead atoms. The molecule has 22 heavy (non-hydrogen) atoms. The average Bonchev–Trinajstić information content (AvgIpc) is 3.18. The summed E-state index contributed by atoms with van der Waals surface area (Å²) >= 11 is 1.45. The van der Waals surface area contributed by atoms with Crippen LogP contribution in [-0.4, -0.2) is 45.4 Å². The SMILES string of the molecule is Cn1ccnc1C(=O)N[C@H]1CCCN(C(=O)c2cccs2)C1. The molecule has 2 aromatic heterocycles. The van der Waals surface area contributed by atoms with E-state index in [0.29, 0.717) is 12.4 Å². The minimum Gasteiger partial charge on any atom is -0.345 e. The van der Waals surface area contributed by atoms with Crippen LogP contribution in [0, 0.1) is 0 Å². The first-order valence-electron chi connectivity index (χ1n) is 7.26. The van der Waals surface area contributed by atoms with Crippen molar-refractivity contribution in [3.8, 4) is 0 Å². The highest BCUT2D eigenvalue weighted by Gasteiger charge is 2.26. The van der Waals surface area contributed by atoms with E-state index in [1.807, 2.05) is 22.4 Å². The number of hydrogen-bond acceptors (Lipinski definition) is 4. The Kier molecular flexibility index (Phi) is 4.24. The van der Waals surface area contributed by atoms with E-state index < -0.39 is 0 Å². The standard InChI is InChI=1S/C15H18N4O2S/c1-18-8-6-16-13(18)14(20)17-11-4-2-7-19(10-11)15(21)12-5-3-9-22-12/h3,5-6,8-9,11H,2,4,7,10H2,1H3,(H,17,20)/t11-/m0/s1. The van der Waals surface area contributed by atoms with Crippen LogP contribution in [0.3, 0.4) is 0 Å². The molecular weight excluding hydrogens is 300 g/mol. The number of nitrogens with zero attached hydrogens (tertiary/aromatic N) is 3. The fourth-order valence-corrected chi connectivity index (χ4v) is 3.36. The van der Waals surface area contributed by atoms with E-state index in [-0.39, 0.29) is 17.9 Å². The van der Waals surface area contributed by atoms with Gasteiger partial charge in [-0.3, -0.25) is 9.59 Å². The molecule has 0 unspecified atom stereocenters. The molecule has 0 aromatic carbocycles. The third-order valence-electron chi connectivity index (χ3n) is 3.80. The van der Waals surface area contributed by atoms with Gasteiger partial charge >= 0.3 is 0 Å². The van der Waals surface area contributed by atoms with Crippen LogP contribution in [0.4, 0.5) is 0 Å². The fourth-order valence-electron chi connectivity index (χ4n) is 2.67. The highest BCUT2D eigenvalue weighted by atomic mass is 32.1. The third-order valence-corrected chi connectivity index (χ3v) is 4.66. The molecule has 1 saturated heterocycles. The van der Waals surface area contributed by atoms with Crippen molar-refractivity contribution < 1.29 is 9.59 Å². The summed E-state index contributed by atoms with van der Waals surface area (Å²) in [5.74, 6) is 0.246. The Morgan fingerprint density at radius 1 is 1.45 bits per heavy atom. The van der Waals surface area contributed by atoms with Gasteiger partial charge in [0, 0.05) is 38.6 Å². The summed E-state index contributed by atoms with van der Waals surface area (Å²) < 4.78 is 1.69. The van der Waals surface area contributed by atoms with Crippen molar-refractivity contribution in [3.63, 3.8) is 0 Å². The second-order valence-corrected chi connectivity index (χ2v) is 6.35. The topological polar surface area (TPSA) is 67.2 Å². The number of aryl methyl sites for hydroxylation is 1.